The van der Waals surface area contributed by atoms with Gasteiger partial charge in [-0.2, -0.15) is 17.5 Å². The van der Waals surface area contributed by atoms with Crippen LogP contribution in [0.4, 0.5) is 13.2 Å². The van der Waals surface area contributed by atoms with Crippen LogP contribution in [0.15, 0.2) is 35.7 Å². The number of carbonyl (C=O) groups is 1. The third-order valence-corrected chi connectivity index (χ3v) is 4.21. The molecule has 1 amide bonds. The van der Waals surface area contributed by atoms with Crippen LogP contribution < -0.4 is 5.32 Å². The highest BCUT2D eigenvalue weighted by atomic mass is 32.1. The van der Waals surface area contributed by atoms with Crippen molar-refractivity contribution >= 4 is 17.4 Å². The molecule has 0 spiro atoms. The summed E-state index contributed by atoms with van der Waals surface area (Å²) in [6, 6.07) is 6.83. The average Bonchev–Trinajstić information content (AvgIpc) is 2.93. The summed E-state index contributed by atoms with van der Waals surface area (Å²) in [5.74, 6) is -0.506. The fourth-order valence-corrected chi connectivity index (χ4v) is 2.82. The topological polar surface area (TPSA) is 62.2 Å². The van der Waals surface area contributed by atoms with Crippen LogP contribution in [0.1, 0.15) is 28.0 Å². The molecule has 8 heteroatoms. The second-order valence-corrected chi connectivity index (χ2v) is 5.67. The molecule has 2 N–H and O–H groups in total. The van der Waals surface area contributed by atoms with Crippen molar-refractivity contribution in [3.05, 3.63) is 52.5 Å². The average molecular weight is 344 g/mol. The molecular formula is C15H15F3N2O2S. The first-order valence-corrected chi connectivity index (χ1v) is 7.63. The van der Waals surface area contributed by atoms with E-state index in [1.807, 2.05) is 0 Å². The number of aryl methyl sites for hydroxylation is 1. The van der Waals surface area contributed by atoms with Crippen molar-refractivity contribution < 1.29 is 23.1 Å². The third-order valence-electron chi connectivity index (χ3n) is 3.49. The second kappa shape index (κ2) is 6.67. The van der Waals surface area contributed by atoms with Gasteiger partial charge in [0.1, 0.15) is 0 Å². The summed E-state index contributed by atoms with van der Waals surface area (Å²) < 4.78 is 43.8. The van der Waals surface area contributed by atoms with E-state index in [1.54, 1.807) is 13.0 Å². The molecule has 0 aliphatic carbocycles. The zero-order valence-electron chi connectivity index (χ0n) is 12.2. The number of aliphatic hydroxyl groups is 1. The minimum absolute atomic E-state index is 0.255. The first kappa shape index (κ1) is 17.4. The molecular weight excluding hydrogens is 329 g/mol. The summed E-state index contributed by atoms with van der Waals surface area (Å²) >= 11 is 1.09. The number of rotatable bonds is 5. The fourth-order valence-electron chi connectivity index (χ4n) is 2.13. The standard InChI is InChI=1S/C15H15F3N2O2S/c1-10-12(9-23-20-10)13(21)19-8-7-14(22,15(16,17)18)11-5-3-2-4-6-11/h2-6,9,22H,7-8H2,1H3,(H,19,21). The molecule has 0 fully saturated rings. The van der Waals surface area contributed by atoms with Crippen LogP contribution in [0.3, 0.4) is 0 Å². The molecule has 0 saturated heterocycles. The first-order valence-electron chi connectivity index (χ1n) is 6.79. The Morgan fingerprint density at radius 3 is 2.48 bits per heavy atom. The molecule has 0 radical (unpaired) electrons. The number of halogens is 3. The molecule has 1 heterocycles. The molecule has 23 heavy (non-hydrogen) atoms. The first-order chi connectivity index (χ1) is 10.8. The predicted molar refractivity (Wildman–Crippen MR) is 80.2 cm³/mol. The Bertz CT molecular complexity index is 673. The summed E-state index contributed by atoms with van der Waals surface area (Å²) in [4.78, 5) is 11.9. The summed E-state index contributed by atoms with van der Waals surface area (Å²) in [7, 11) is 0. The number of hydrogen-bond donors (Lipinski definition) is 2. The number of benzene rings is 1. The lowest BCUT2D eigenvalue weighted by Crippen LogP contribution is -2.45. The Balaban J connectivity index is 2.09. The zero-order chi connectivity index (χ0) is 17.1. The Morgan fingerprint density at radius 1 is 1.30 bits per heavy atom. The number of aromatic nitrogens is 1. The van der Waals surface area contributed by atoms with E-state index in [2.05, 4.69) is 9.69 Å². The quantitative estimate of drug-likeness (QED) is 0.876. The van der Waals surface area contributed by atoms with Gasteiger partial charge in [-0.05, 0) is 24.0 Å². The summed E-state index contributed by atoms with van der Waals surface area (Å²) in [5.41, 5.74) is -2.43. The highest BCUT2D eigenvalue weighted by molar-refractivity contribution is 7.03. The molecule has 1 atom stereocenters. The van der Waals surface area contributed by atoms with Gasteiger partial charge in [-0.3, -0.25) is 4.79 Å². The van der Waals surface area contributed by atoms with Gasteiger partial charge in [0, 0.05) is 18.3 Å². The van der Waals surface area contributed by atoms with Gasteiger partial charge in [-0.1, -0.05) is 30.3 Å². The van der Waals surface area contributed by atoms with Gasteiger partial charge in [-0.15, -0.1) is 0 Å². The van der Waals surface area contributed by atoms with Gasteiger partial charge < -0.3 is 10.4 Å². The van der Waals surface area contributed by atoms with Crippen molar-refractivity contribution in [2.45, 2.75) is 25.1 Å². The molecule has 2 aromatic rings. The molecule has 1 unspecified atom stereocenters. The van der Waals surface area contributed by atoms with Gasteiger partial charge in [-0.25, -0.2) is 0 Å². The predicted octanol–water partition coefficient (Wildman–Crippen LogP) is 3.02. The monoisotopic (exact) mass is 344 g/mol. The minimum Gasteiger partial charge on any atom is -0.376 e. The molecule has 4 nitrogen and oxygen atoms in total. The molecule has 0 saturated carbocycles. The highest BCUT2D eigenvalue weighted by Gasteiger charge is 2.54. The van der Waals surface area contributed by atoms with E-state index in [4.69, 9.17) is 0 Å². The third kappa shape index (κ3) is 3.70. The van der Waals surface area contributed by atoms with Crippen LogP contribution in [0, 0.1) is 6.92 Å². The molecule has 0 aliphatic rings. The molecule has 0 aliphatic heterocycles. The van der Waals surface area contributed by atoms with Gasteiger partial charge in [0.25, 0.3) is 5.91 Å². The van der Waals surface area contributed by atoms with Crippen LogP contribution in [0.25, 0.3) is 0 Å². The molecule has 0 bridgehead atoms. The maximum atomic E-state index is 13.3. The number of nitrogens with zero attached hydrogens (tertiary/aromatic N) is 1. The van der Waals surface area contributed by atoms with Crippen molar-refractivity contribution in [1.82, 2.24) is 9.69 Å². The van der Waals surface area contributed by atoms with Gasteiger partial charge in [0.05, 0.1) is 11.3 Å². The largest absolute Gasteiger partial charge is 0.421 e. The van der Waals surface area contributed by atoms with Crippen molar-refractivity contribution in [2.24, 2.45) is 0 Å². The number of carbonyl (C=O) groups excluding carboxylic acids is 1. The van der Waals surface area contributed by atoms with Crippen LogP contribution in [0.5, 0.6) is 0 Å². The molecule has 124 valence electrons. The van der Waals surface area contributed by atoms with Gasteiger partial charge >= 0.3 is 6.18 Å². The van der Waals surface area contributed by atoms with E-state index in [0.29, 0.717) is 11.3 Å². The molecule has 1 aromatic carbocycles. The van der Waals surface area contributed by atoms with Gasteiger partial charge in [0.2, 0.25) is 0 Å². The maximum Gasteiger partial charge on any atom is 0.421 e. The number of alkyl halides is 3. The summed E-state index contributed by atoms with van der Waals surface area (Å²) in [6.07, 6.45) is -5.53. The maximum absolute atomic E-state index is 13.3. The Kier molecular flexibility index (Phi) is 5.06. The summed E-state index contributed by atoms with van der Waals surface area (Å²) in [6.45, 7) is 1.32. The highest BCUT2D eigenvalue weighted by Crippen LogP contribution is 2.41. The van der Waals surface area contributed by atoms with Crippen molar-refractivity contribution in [1.29, 1.82) is 0 Å². The van der Waals surface area contributed by atoms with E-state index in [1.165, 1.54) is 29.6 Å². The van der Waals surface area contributed by atoms with Crippen LogP contribution in [-0.2, 0) is 5.60 Å². The molecule has 2 rings (SSSR count). The summed E-state index contributed by atoms with van der Waals surface area (Å²) in [5, 5.41) is 14.0. The Labute approximate surface area is 135 Å². The Morgan fingerprint density at radius 2 is 1.96 bits per heavy atom. The van der Waals surface area contributed by atoms with E-state index < -0.39 is 24.1 Å². The lowest BCUT2D eigenvalue weighted by atomic mass is 9.89. The zero-order valence-corrected chi connectivity index (χ0v) is 13.0. The number of amides is 1. The van der Waals surface area contributed by atoms with E-state index in [9.17, 15) is 23.1 Å². The van der Waals surface area contributed by atoms with Crippen molar-refractivity contribution in [2.75, 3.05) is 6.54 Å². The fraction of sp³-hybridized carbons (Fsp3) is 0.333. The Hall–Kier alpha value is -1.93. The lowest BCUT2D eigenvalue weighted by Gasteiger charge is -2.31. The molecule has 1 aromatic heterocycles. The lowest BCUT2D eigenvalue weighted by molar-refractivity contribution is -0.268. The SMILES string of the molecule is Cc1nscc1C(=O)NCCC(O)(c1ccccc1)C(F)(F)F. The van der Waals surface area contributed by atoms with Crippen molar-refractivity contribution in [3.8, 4) is 0 Å². The van der Waals surface area contributed by atoms with E-state index in [0.717, 1.165) is 11.5 Å². The van der Waals surface area contributed by atoms with Crippen LogP contribution in [0.2, 0.25) is 0 Å². The smallest absolute Gasteiger partial charge is 0.376 e. The minimum atomic E-state index is -4.85. The van der Waals surface area contributed by atoms with E-state index in [-0.39, 0.29) is 12.1 Å². The van der Waals surface area contributed by atoms with Gasteiger partial charge in [0.15, 0.2) is 5.60 Å². The normalized spacial score (nSPS) is 14.3. The van der Waals surface area contributed by atoms with Crippen molar-refractivity contribution in [3.63, 3.8) is 0 Å². The second-order valence-electron chi connectivity index (χ2n) is 5.04. The number of nitrogens with one attached hydrogen (secondary N) is 1. The number of hydrogen-bond acceptors (Lipinski definition) is 4. The van der Waals surface area contributed by atoms with Crippen LogP contribution in [-0.4, -0.2) is 28.1 Å². The van der Waals surface area contributed by atoms with Crippen LogP contribution >= 0.6 is 11.5 Å². The van der Waals surface area contributed by atoms with E-state index >= 15 is 0 Å².